The van der Waals surface area contributed by atoms with Crippen LogP contribution in [0.25, 0.3) is 11.4 Å². The summed E-state index contributed by atoms with van der Waals surface area (Å²) in [6.07, 6.45) is 4.59. The minimum atomic E-state index is -0.470. The smallest absolute Gasteiger partial charge is 0.272 e. The van der Waals surface area contributed by atoms with Crippen molar-refractivity contribution in [2.24, 2.45) is 0 Å². The summed E-state index contributed by atoms with van der Waals surface area (Å²) in [5, 5.41) is 10.9. The SMILES string of the molecule is CCN(Cc1ccoc1)C(=O)c1cnc(-c2cccc([N+](=O)[O-])c2)[nH]1. The number of non-ortho nitro benzene ring substituents is 1. The highest BCUT2D eigenvalue weighted by atomic mass is 16.6. The lowest BCUT2D eigenvalue weighted by atomic mass is 10.2. The van der Waals surface area contributed by atoms with E-state index in [0.29, 0.717) is 30.2 Å². The molecule has 1 aromatic carbocycles. The van der Waals surface area contributed by atoms with Crippen LogP contribution in [0.4, 0.5) is 5.69 Å². The third-order valence-electron chi connectivity index (χ3n) is 3.76. The van der Waals surface area contributed by atoms with Gasteiger partial charge in [-0.15, -0.1) is 0 Å². The van der Waals surface area contributed by atoms with Gasteiger partial charge in [-0.2, -0.15) is 0 Å². The molecule has 0 saturated heterocycles. The summed E-state index contributed by atoms with van der Waals surface area (Å²) in [5.41, 5.74) is 1.74. The Morgan fingerprint density at radius 3 is 2.92 bits per heavy atom. The van der Waals surface area contributed by atoms with Crippen LogP contribution < -0.4 is 0 Å². The first kappa shape index (κ1) is 16.4. The number of H-pyrrole nitrogens is 1. The number of nitro benzene ring substituents is 1. The highest BCUT2D eigenvalue weighted by Crippen LogP contribution is 2.22. The zero-order chi connectivity index (χ0) is 17.8. The lowest BCUT2D eigenvalue weighted by Crippen LogP contribution is -2.30. The molecule has 0 atom stereocenters. The van der Waals surface area contributed by atoms with E-state index in [2.05, 4.69) is 9.97 Å². The topological polar surface area (TPSA) is 105 Å². The van der Waals surface area contributed by atoms with Crippen molar-refractivity contribution in [2.45, 2.75) is 13.5 Å². The zero-order valence-corrected chi connectivity index (χ0v) is 13.5. The van der Waals surface area contributed by atoms with Crippen molar-refractivity contribution in [3.63, 3.8) is 0 Å². The minimum absolute atomic E-state index is 0.0306. The lowest BCUT2D eigenvalue weighted by Gasteiger charge is -2.19. The van der Waals surface area contributed by atoms with Gasteiger partial charge in [-0.25, -0.2) is 4.98 Å². The van der Waals surface area contributed by atoms with Crippen molar-refractivity contribution in [1.29, 1.82) is 0 Å². The molecule has 0 radical (unpaired) electrons. The van der Waals surface area contributed by atoms with E-state index in [9.17, 15) is 14.9 Å². The molecule has 0 spiro atoms. The van der Waals surface area contributed by atoms with E-state index in [4.69, 9.17) is 4.42 Å². The van der Waals surface area contributed by atoms with Gasteiger partial charge in [0.05, 0.1) is 23.6 Å². The van der Waals surface area contributed by atoms with Crippen LogP contribution in [0, 0.1) is 10.1 Å². The van der Waals surface area contributed by atoms with E-state index in [-0.39, 0.29) is 11.6 Å². The number of aromatic amines is 1. The number of imidazole rings is 1. The molecule has 8 heteroatoms. The number of nitrogens with one attached hydrogen (secondary N) is 1. The van der Waals surface area contributed by atoms with Crippen LogP contribution in [0.2, 0.25) is 0 Å². The maximum atomic E-state index is 12.6. The van der Waals surface area contributed by atoms with Crippen LogP contribution in [0.3, 0.4) is 0 Å². The van der Waals surface area contributed by atoms with Crippen LogP contribution in [0.5, 0.6) is 0 Å². The summed E-state index contributed by atoms with van der Waals surface area (Å²) in [7, 11) is 0. The van der Waals surface area contributed by atoms with E-state index in [1.54, 1.807) is 35.6 Å². The lowest BCUT2D eigenvalue weighted by molar-refractivity contribution is -0.384. The molecule has 1 N–H and O–H groups in total. The first-order chi connectivity index (χ1) is 12.1. The molecular formula is C17H16N4O4. The molecule has 0 saturated carbocycles. The summed E-state index contributed by atoms with van der Waals surface area (Å²) in [4.78, 5) is 31.8. The molecule has 25 heavy (non-hydrogen) atoms. The second-order valence-electron chi connectivity index (χ2n) is 5.40. The largest absolute Gasteiger partial charge is 0.472 e. The van der Waals surface area contributed by atoms with E-state index < -0.39 is 4.92 Å². The fourth-order valence-electron chi connectivity index (χ4n) is 2.44. The number of carbonyl (C=O) groups is 1. The van der Waals surface area contributed by atoms with E-state index in [1.807, 2.05) is 6.92 Å². The van der Waals surface area contributed by atoms with Crippen molar-refractivity contribution in [2.75, 3.05) is 6.54 Å². The Morgan fingerprint density at radius 2 is 2.24 bits per heavy atom. The molecule has 0 aliphatic heterocycles. The molecule has 128 valence electrons. The fraction of sp³-hybridized carbons (Fsp3) is 0.176. The van der Waals surface area contributed by atoms with Crippen LogP contribution in [-0.4, -0.2) is 32.2 Å². The van der Waals surface area contributed by atoms with E-state index >= 15 is 0 Å². The van der Waals surface area contributed by atoms with Crippen LogP contribution in [0.15, 0.2) is 53.5 Å². The van der Waals surface area contributed by atoms with Crippen LogP contribution >= 0.6 is 0 Å². The Kier molecular flexibility index (Phi) is 4.60. The summed E-state index contributed by atoms with van der Waals surface area (Å²) < 4.78 is 5.02. The quantitative estimate of drug-likeness (QED) is 0.548. The van der Waals surface area contributed by atoms with Gasteiger partial charge in [-0.3, -0.25) is 14.9 Å². The predicted octanol–water partition coefficient (Wildman–Crippen LogP) is 3.24. The molecule has 2 heterocycles. The summed E-state index contributed by atoms with van der Waals surface area (Å²) in [5.74, 6) is 0.208. The summed E-state index contributed by atoms with van der Waals surface area (Å²) in [6, 6.07) is 7.90. The monoisotopic (exact) mass is 340 g/mol. The van der Waals surface area contributed by atoms with Gasteiger partial charge in [-0.1, -0.05) is 12.1 Å². The van der Waals surface area contributed by atoms with E-state index in [1.165, 1.54) is 18.3 Å². The summed E-state index contributed by atoms with van der Waals surface area (Å²) in [6.45, 7) is 2.84. The van der Waals surface area contributed by atoms with Gasteiger partial charge in [0.2, 0.25) is 0 Å². The van der Waals surface area contributed by atoms with Gasteiger partial charge < -0.3 is 14.3 Å². The second kappa shape index (κ2) is 7.00. The Hall–Kier alpha value is -3.42. The average molecular weight is 340 g/mol. The Morgan fingerprint density at radius 1 is 1.40 bits per heavy atom. The standard InChI is InChI=1S/C17H16N4O4/c1-2-20(10-12-6-7-25-11-12)17(22)15-9-18-16(19-15)13-4-3-5-14(8-13)21(23)24/h3-9,11H,2,10H2,1H3,(H,18,19). The molecule has 0 bridgehead atoms. The molecule has 8 nitrogen and oxygen atoms in total. The molecule has 2 aromatic heterocycles. The molecule has 3 rings (SSSR count). The Labute approximate surface area is 143 Å². The van der Waals surface area contributed by atoms with Gasteiger partial charge >= 0.3 is 0 Å². The normalized spacial score (nSPS) is 10.6. The third-order valence-corrected chi connectivity index (χ3v) is 3.76. The molecule has 0 aliphatic carbocycles. The Balaban J connectivity index is 1.81. The molecule has 0 aliphatic rings. The van der Waals surface area contributed by atoms with Crippen LogP contribution in [0.1, 0.15) is 23.0 Å². The second-order valence-corrected chi connectivity index (χ2v) is 5.40. The van der Waals surface area contributed by atoms with Crippen molar-refractivity contribution < 1.29 is 14.1 Å². The van der Waals surface area contributed by atoms with Gasteiger partial charge in [-0.05, 0) is 13.0 Å². The number of aromatic nitrogens is 2. The first-order valence-corrected chi connectivity index (χ1v) is 7.68. The average Bonchev–Trinajstić information content (AvgIpc) is 3.31. The number of furan rings is 1. The van der Waals surface area contributed by atoms with Gasteiger partial charge in [0.25, 0.3) is 11.6 Å². The number of amides is 1. The van der Waals surface area contributed by atoms with E-state index in [0.717, 1.165) is 5.56 Å². The van der Waals surface area contributed by atoms with Crippen molar-refractivity contribution in [1.82, 2.24) is 14.9 Å². The molecule has 3 aromatic rings. The molecule has 0 fully saturated rings. The first-order valence-electron chi connectivity index (χ1n) is 7.68. The number of hydrogen-bond donors (Lipinski definition) is 1. The fourth-order valence-corrected chi connectivity index (χ4v) is 2.44. The Bertz CT molecular complexity index is 886. The third kappa shape index (κ3) is 3.57. The maximum Gasteiger partial charge on any atom is 0.272 e. The number of rotatable bonds is 6. The number of carbonyl (C=O) groups excluding carboxylic acids is 1. The molecular weight excluding hydrogens is 324 g/mol. The highest BCUT2D eigenvalue weighted by molar-refractivity contribution is 5.92. The number of hydrogen-bond acceptors (Lipinski definition) is 5. The van der Waals surface area contributed by atoms with Gasteiger partial charge in [0.1, 0.15) is 11.5 Å². The van der Waals surface area contributed by atoms with Crippen molar-refractivity contribution >= 4 is 11.6 Å². The van der Waals surface area contributed by atoms with Gasteiger partial charge in [0, 0.05) is 36.3 Å². The highest BCUT2D eigenvalue weighted by Gasteiger charge is 2.18. The number of benzene rings is 1. The predicted molar refractivity (Wildman–Crippen MR) is 89.8 cm³/mol. The van der Waals surface area contributed by atoms with Crippen molar-refractivity contribution in [3.05, 3.63) is 70.4 Å². The number of nitro groups is 1. The summed E-state index contributed by atoms with van der Waals surface area (Å²) >= 11 is 0. The maximum absolute atomic E-state index is 12.6. The molecule has 1 amide bonds. The van der Waals surface area contributed by atoms with Crippen LogP contribution in [-0.2, 0) is 6.54 Å². The molecule has 0 unspecified atom stereocenters. The van der Waals surface area contributed by atoms with Crippen molar-refractivity contribution in [3.8, 4) is 11.4 Å². The zero-order valence-electron chi connectivity index (χ0n) is 13.5. The van der Waals surface area contributed by atoms with Gasteiger partial charge in [0.15, 0.2) is 0 Å². The number of nitrogens with zero attached hydrogens (tertiary/aromatic N) is 3. The minimum Gasteiger partial charge on any atom is -0.472 e.